The number of carbonyl (C=O) groups is 3. The maximum Gasteiger partial charge on any atom is 0.248 e. The number of nitrogens with zero attached hydrogens (tertiary/aromatic N) is 1. The van der Waals surface area contributed by atoms with Gasteiger partial charge < -0.3 is 16.0 Å². The van der Waals surface area contributed by atoms with Gasteiger partial charge in [0.15, 0.2) is 0 Å². The lowest BCUT2D eigenvalue weighted by molar-refractivity contribution is -0.117. The average molecular weight is 323 g/mol. The Morgan fingerprint density at radius 3 is 2.54 bits per heavy atom. The van der Waals surface area contributed by atoms with Crippen LogP contribution in [-0.2, 0) is 22.4 Å². The molecule has 0 saturated carbocycles. The predicted octanol–water partition coefficient (Wildman–Crippen LogP) is 1.49. The van der Waals surface area contributed by atoms with E-state index < -0.39 is 5.91 Å². The summed E-state index contributed by atoms with van der Waals surface area (Å²) in [5.41, 5.74) is 8.85. The van der Waals surface area contributed by atoms with Gasteiger partial charge in [0.05, 0.1) is 12.8 Å². The van der Waals surface area contributed by atoms with Crippen molar-refractivity contribution in [1.29, 1.82) is 0 Å². The second kappa shape index (κ2) is 6.16. The summed E-state index contributed by atoms with van der Waals surface area (Å²) >= 11 is 0. The fourth-order valence-corrected chi connectivity index (χ4v) is 2.74. The summed E-state index contributed by atoms with van der Waals surface area (Å²) in [7, 11) is 1.75. The molecule has 0 aliphatic carbocycles. The van der Waals surface area contributed by atoms with Gasteiger partial charge in [-0.1, -0.05) is 12.1 Å². The second-order valence-electron chi connectivity index (χ2n) is 5.76. The van der Waals surface area contributed by atoms with E-state index in [1.54, 1.807) is 36.2 Å². The highest BCUT2D eigenvalue weighted by molar-refractivity contribution is 6.01. The Bertz CT molecular complexity index is 828. The fraction of sp³-hybridized carbons (Fsp3) is 0.167. The van der Waals surface area contributed by atoms with E-state index in [9.17, 15) is 14.4 Å². The Balaban J connectivity index is 1.66. The molecule has 1 heterocycles. The normalized spacial score (nSPS) is 12.9. The van der Waals surface area contributed by atoms with E-state index in [4.69, 9.17) is 5.73 Å². The Kier molecular flexibility index (Phi) is 4.04. The zero-order valence-corrected chi connectivity index (χ0v) is 13.2. The molecule has 0 aromatic heterocycles. The van der Waals surface area contributed by atoms with Crippen molar-refractivity contribution in [3.8, 4) is 0 Å². The van der Waals surface area contributed by atoms with Gasteiger partial charge in [0, 0.05) is 24.0 Å². The summed E-state index contributed by atoms with van der Waals surface area (Å²) in [5, 5.41) is 2.77. The van der Waals surface area contributed by atoms with Crippen LogP contribution in [0.2, 0.25) is 0 Å². The summed E-state index contributed by atoms with van der Waals surface area (Å²) < 4.78 is 0. The lowest BCUT2D eigenvalue weighted by atomic mass is 10.1. The minimum absolute atomic E-state index is 0.0566. The van der Waals surface area contributed by atoms with Crippen LogP contribution < -0.4 is 16.0 Å². The van der Waals surface area contributed by atoms with Crippen molar-refractivity contribution in [3.63, 3.8) is 0 Å². The molecule has 1 aliphatic rings. The van der Waals surface area contributed by atoms with Crippen molar-refractivity contribution >= 4 is 29.1 Å². The number of primary amides is 1. The number of carbonyl (C=O) groups excluding carboxylic acids is 3. The van der Waals surface area contributed by atoms with Gasteiger partial charge in [-0.25, -0.2) is 0 Å². The van der Waals surface area contributed by atoms with Crippen molar-refractivity contribution in [2.24, 2.45) is 5.73 Å². The van der Waals surface area contributed by atoms with Gasteiger partial charge in [-0.05, 0) is 41.5 Å². The lowest BCUT2D eigenvalue weighted by Crippen LogP contribution is -2.20. The molecule has 0 saturated heterocycles. The quantitative estimate of drug-likeness (QED) is 0.892. The number of anilines is 2. The van der Waals surface area contributed by atoms with Crippen molar-refractivity contribution in [2.45, 2.75) is 12.8 Å². The van der Waals surface area contributed by atoms with Crippen LogP contribution in [0.25, 0.3) is 0 Å². The number of amides is 3. The first-order valence-electron chi connectivity index (χ1n) is 7.52. The van der Waals surface area contributed by atoms with E-state index in [-0.39, 0.29) is 18.2 Å². The Labute approximate surface area is 139 Å². The SMILES string of the molecule is CN1C(=O)Cc2cc(CC(=O)Nc3ccc(C(N)=O)cc3)ccc21. The van der Waals surface area contributed by atoms with Gasteiger partial charge >= 0.3 is 0 Å². The minimum atomic E-state index is -0.509. The monoisotopic (exact) mass is 323 g/mol. The maximum atomic E-state index is 12.1. The van der Waals surface area contributed by atoms with Crippen LogP contribution in [0.5, 0.6) is 0 Å². The van der Waals surface area contributed by atoms with Crippen molar-refractivity contribution in [1.82, 2.24) is 0 Å². The molecule has 2 aromatic carbocycles. The number of rotatable bonds is 4. The predicted molar refractivity (Wildman–Crippen MR) is 90.8 cm³/mol. The van der Waals surface area contributed by atoms with E-state index in [1.165, 1.54) is 0 Å². The topological polar surface area (TPSA) is 92.5 Å². The first-order valence-corrected chi connectivity index (χ1v) is 7.52. The van der Waals surface area contributed by atoms with Crippen LogP contribution in [0.4, 0.5) is 11.4 Å². The molecule has 3 rings (SSSR count). The molecule has 0 bridgehead atoms. The number of hydrogen-bond donors (Lipinski definition) is 2. The molecule has 24 heavy (non-hydrogen) atoms. The average Bonchev–Trinajstić information content (AvgIpc) is 2.82. The van der Waals surface area contributed by atoms with Gasteiger partial charge in [-0.2, -0.15) is 0 Å². The first kappa shape index (κ1) is 15.7. The highest BCUT2D eigenvalue weighted by atomic mass is 16.2. The molecule has 6 heteroatoms. The summed E-state index contributed by atoms with van der Waals surface area (Å²) in [6.07, 6.45) is 0.582. The summed E-state index contributed by atoms with van der Waals surface area (Å²) in [5.74, 6) is -0.619. The van der Waals surface area contributed by atoms with E-state index >= 15 is 0 Å². The molecule has 6 nitrogen and oxygen atoms in total. The number of hydrogen-bond acceptors (Lipinski definition) is 3. The third-order valence-electron chi connectivity index (χ3n) is 4.04. The highest BCUT2D eigenvalue weighted by Crippen LogP contribution is 2.28. The third kappa shape index (κ3) is 3.12. The highest BCUT2D eigenvalue weighted by Gasteiger charge is 2.24. The summed E-state index contributed by atoms with van der Waals surface area (Å²) in [6, 6.07) is 12.0. The standard InChI is InChI=1S/C18H17N3O3/c1-21-15-7-2-11(8-13(15)10-17(21)23)9-16(22)20-14-5-3-12(4-6-14)18(19)24/h2-8H,9-10H2,1H3,(H2,19,24)(H,20,22). The Hall–Kier alpha value is -3.15. The molecule has 0 radical (unpaired) electrons. The van der Waals surface area contributed by atoms with Crippen LogP contribution in [-0.4, -0.2) is 24.8 Å². The van der Waals surface area contributed by atoms with Crippen molar-refractivity contribution in [2.75, 3.05) is 17.3 Å². The number of benzene rings is 2. The van der Waals surface area contributed by atoms with Crippen LogP contribution in [0, 0.1) is 0 Å². The van der Waals surface area contributed by atoms with Gasteiger partial charge in [-0.15, -0.1) is 0 Å². The number of likely N-dealkylation sites (N-methyl/N-ethyl adjacent to an activating group) is 1. The van der Waals surface area contributed by atoms with Crippen molar-refractivity contribution in [3.05, 3.63) is 59.2 Å². The van der Waals surface area contributed by atoms with Crippen LogP contribution in [0.1, 0.15) is 21.5 Å². The van der Waals surface area contributed by atoms with Gasteiger partial charge in [-0.3, -0.25) is 14.4 Å². The van der Waals surface area contributed by atoms with Crippen LogP contribution in [0.15, 0.2) is 42.5 Å². The number of fused-ring (bicyclic) bond motifs is 1. The molecule has 122 valence electrons. The second-order valence-corrected chi connectivity index (χ2v) is 5.76. The van der Waals surface area contributed by atoms with Crippen LogP contribution >= 0.6 is 0 Å². The zero-order valence-electron chi connectivity index (χ0n) is 13.2. The minimum Gasteiger partial charge on any atom is -0.366 e. The molecule has 1 aliphatic heterocycles. The van der Waals surface area contributed by atoms with Crippen LogP contribution in [0.3, 0.4) is 0 Å². The molecule has 0 spiro atoms. The molecule has 0 atom stereocenters. The lowest BCUT2D eigenvalue weighted by Gasteiger charge is -2.11. The Morgan fingerprint density at radius 1 is 1.17 bits per heavy atom. The molecule has 2 aromatic rings. The van der Waals surface area contributed by atoms with E-state index in [0.29, 0.717) is 17.7 Å². The summed E-state index contributed by atoms with van der Waals surface area (Å²) in [4.78, 5) is 36.5. The largest absolute Gasteiger partial charge is 0.366 e. The van der Waals surface area contributed by atoms with E-state index in [2.05, 4.69) is 5.32 Å². The Morgan fingerprint density at radius 2 is 1.88 bits per heavy atom. The maximum absolute atomic E-state index is 12.1. The molecular formula is C18H17N3O3. The van der Waals surface area contributed by atoms with Gasteiger partial charge in [0.1, 0.15) is 0 Å². The summed E-state index contributed by atoms with van der Waals surface area (Å²) in [6.45, 7) is 0. The number of nitrogens with two attached hydrogens (primary N) is 1. The van der Waals surface area contributed by atoms with E-state index in [1.807, 2.05) is 18.2 Å². The molecular weight excluding hydrogens is 306 g/mol. The fourth-order valence-electron chi connectivity index (χ4n) is 2.74. The molecule has 0 unspecified atom stereocenters. The van der Waals surface area contributed by atoms with E-state index in [0.717, 1.165) is 16.8 Å². The molecule has 3 N–H and O–H groups in total. The zero-order chi connectivity index (χ0) is 17.3. The van der Waals surface area contributed by atoms with Crippen molar-refractivity contribution < 1.29 is 14.4 Å². The molecule has 3 amide bonds. The first-order chi connectivity index (χ1) is 11.4. The molecule has 0 fully saturated rings. The smallest absolute Gasteiger partial charge is 0.248 e. The third-order valence-corrected chi connectivity index (χ3v) is 4.04. The van der Waals surface area contributed by atoms with Gasteiger partial charge in [0.2, 0.25) is 17.7 Å². The van der Waals surface area contributed by atoms with Gasteiger partial charge in [0.25, 0.3) is 0 Å². The number of nitrogens with one attached hydrogen (secondary N) is 1.